The molecule has 1 atom stereocenters. The Morgan fingerprint density at radius 1 is 1.25 bits per heavy atom. The summed E-state index contributed by atoms with van der Waals surface area (Å²) in [5, 5.41) is 3.19. The standard InChI is InChI=1S/C12H15F2NO/c1-12(2)7-15-6-11(16-12)8-3-9(13)5-10(14)4-8/h3-5,11,15H,6-7H2,1-2H3. The lowest BCUT2D eigenvalue weighted by Gasteiger charge is -2.36. The molecule has 0 radical (unpaired) electrons. The first-order chi connectivity index (χ1) is 7.46. The highest BCUT2D eigenvalue weighted by atomic mass is 19.1. The molecule has 1 aliphatic rings. The van der Waals surface area contributed by atoms with Gasteiger partial charge >= 0.3 is 0 Å². The first-order valence-electron chi connectivity index (χ1n) is 5.31. The summed E-state index contributed by atoms with van der Waals surface area (Å²) >= 11 is 0. The fourth-order valence-electron chi connectivity index (χ4n) is 1.92. The van der Waals surface area contributed by atoms with E-state index in [2.05, 4.69) is 5.32 Å². The van der Waals surface area contributed by atoms with E-state index in [1.54, 1.807) is 0 Å². The second-order valence-electron chi connectivity index (χ2n) is 4.70. The summed E-state index contributed by atoms with van der Waals surface area (Å²) in [6.07, 6.45) is -0.297. The lowest BCUT2D eigenvalue weighted by molar-refractivity contribution is -0.0960. The molecule has 1 fully saturated rings. The van der Waals surface area contributed by atoms with E-state index in [-0.39, 0.29) is 11.7 Å². The number of halogens is 2. The van der Waals surface area contributed by atoms with Crippen LogP contribution in [0.1, 0.15) is 25.5 Å². The summed E-state index contributed by atoms with van der Waals surface area (Å²) in [7, 11) is 0. The monoisotopic (exact) mass is 227 g/mol. The normalized spacial score (nSPS) is 24.4. The summed E-state index contributed by atoms with van der Waals surface area (Å²) in [6.45, 7) is 5.21. The van der Waals surface area contributed by atoms with Crippen LogP contribution in [0, 0.1) is 11.6 Å². The van der Waals surface area contributed by atoms with Crippen LogP contribution < -0.4 is 5.32 Å². The summed E-state index contributed by atoms with van der Waals surface area (Å²) in [5.74, 6) is -1.14. The van der Waals surface area contributed by atoms with E-state index >= 15 is 0 Å². The largest absolute Gasteiger partial charge is 0.365 e. The van der Waals surface area contributed by atoms with Crippen molar-refractivity contribution in [3.8, 4) is 0 Å². The van der Waals surface area contributed by atoms with Crippen molar-refractivity contribution in [1.29, 1.82) is 0 Å². The third-order valence-electron chi connectivity index (χ3n) is 2.60. The minimum atomic E-state index is -0.568. The van der Waals surface area contributed by atoms with E-state index < -0.39 is 11.6 Å². The molecule has 1 aliphatic heterocycles. The van der Waals surface area contributed by atoms with Gasteiger partial charge in [0, 0.05) is 19.2 Å². The maximum Gasteiger partial charge on any atom is 0.126 e. The third-order valence-corrected chi connectivity index (χ3v) is 2.60. The van der Waals surface area contributed by atoms with Crippen molar-refractivity contribution in [1.82, 2.24) is 5.32 Å². The molecule has 1 saturated heterocycles. The number of nitrogens with one attached hydrogen (secondary N) is 1. The molecular formula is C12H15F2NO. The zero-order valence-electron chi connectivity index (χ0n) is 9.39. The fourth-order valence-corrected chi connectivity index (χ4v) is 1.92. The Hall–Kier alpha value is -1.00. The van der Waals surface area contributed by atoms with Crippen molar-refractivity contribution in [2.45, 2.75) is 25.6 Å². The molecule has 0 amide bonds. The van der Waals surface area contributed by atoms with Gasteiger partial charge < -0.3 is 10.1 Å². The Morgan fingerprint density at radius 3 is 2.44 bits per heavy atom. The Bertz CT molecular complexity index is 372. The van der Waals surface area contributed by atoms with Crippen molar-refractivity contribution in [2.24, 2.45) is 0 Å². The van der Waals surface area contributed by atoms with E-state index in [0.717, 1.165) is 12.6 Å². The highest BCUT2D eigenvalue weighted by Crippen LogP contribution is 2.27. The molecule has 2 rings (SSSR count). The maximum absolute atomic E-state index is 13.1. The molecule has 1 aromatic rings. The van der Waals surface area contributed by atoms with Gasteiger partial charge in [0.2, 0.25) is 0 Å². The molecule has 0 aliphatic carbocycles. The molecule has 1 unspecified atom stereocenters. The Labute approximate surface area is 93.6 Å². The molecule has 0 spiro atoms. The van der Waals surface area contributed by atoms with Gasteiger partial charge in [0.1, 0.15) is 11.6 Å². The van der Waals surface area contributed by atoms with Crippen LogP contribution in [0.15, 0.2) is 18.2 Å². The highest BCUT2D eigenvalue weighted by Gasteiger charge is 2.29. The lowest BCUT2D eigenvalue weighted by Crippen LogP contribution is -2.46. The molecule has 16 heavy (non-hydrogen) atoms. The van der Waals surface area contributed by atoms with E-state index in [9.17, 15) is 8.78 Å². The topological polar surface area (TPSA) is 21.3 Å². The predicted octanol–water partition coefficient (Wildman–Crippen LogP) is 2.40. The van der Waals surface area contributed by atoms with Crippen molar-refractivity contribution >= 4 is 0 Å². The van der Waals surface area contributed by atoms with Crippen molar-refractivity contribution < 1.29 is 13.5 Å². The molecule has 4 heteroatoms. The van der Waals surface area contributed by atoms with Gasteiger partial charge in [-0.3, -0.25) is 0 Å². The van der Waals surface area contributed by atoms with Crippen molar-refractivity contribution in [3.63, 3.8) is 0 Å². The van der Waals surface area contributed by atoms with Crippen molar-refractivity contribution in [3.05, 3.63) is 35.4 Å². The van der Waals surface area contributed by atoms with Crippen molar-refractivity contribution in [2.75, 3.05) is 13.1 Å². The van der Waals surface area contributed by atoms with Crippen LogP contribution in [0.3, 0.4) is 0 Å². The van der Waals surface area contributed by atoms with Gasteiger partial charge in [-0.15, -0.1) is 0 Å². The van der Waals surface area contributed by atoms with Gasteiger partial charge in [0.25, 0.3) is 0 Å². The van der Waals surface area contributed by atoms with Crippen LogP contribution in [-0.2, 0) is 4.74 Å². The molecule has 1 N–H and O–H groups in total. The van der Waals surface area contributed by atoms with Crippen LogP contribution in [0.2, 0.25) is 0 Å². The molecule has 2 nitrogen and oxygen atoms in total. The van der Waals surface area contributed by atoms with Crippen LogP contribution in [-0.4, -0.2) is 18.7 Å². The number of hydrogen-bond donors (Lipinski definition) is 1. The SMILES string of the molecule is CC1(C)CNCC(c2cc(F)cc(F)c2)O1. The average molecular weight is 227 g/mol. The highest BCUT2D eigenvalue weighted by molar-refractivity contribution is 5.21. The van der Waals surface area contributed by atoms with Gasteiger partial charge in [0.15, 0.2) is 0 Å². The lowest BCUT2D eigenvalue weighted by atomic mass is 10.0. The molecule has 1 aromatic carbocycles. The Kier molecular flexibility index (Phi) is 2.95. The van der Waals surface area contributed by atoms with Crippen LogP contribution >= 0.6 is 0 Å². The van der Waals surface area contributed by atoms with Gasteiger partial charge in [-0.2, -0.15) is 0 Å². The molecule has 0 saturated carbocycles. The number of rotatable bonds is 1. The van der Waals surface area contributed by atoms with Crippen LogP contribution in [0.5, 0.6) is 0 Å². The summed E-state index contributed by atoms with van der Waals surface area (Å²) in [5.41, 5.74) is 0.226. The second-order valence-corrected chi connectivity index (χ2v) is 4.70. The second kappa shape index (κ2) is 4.11. The van der Waals surface area contributed by atoms with Crippen LogP contribution in [0.4, 0.5) is 8.78 Å². The van der Waals surface area contributed by atoms with E-state index in [0.29, 0.717) is 12.1 Å². The van der Waals surface area contributed by atoms with E-state index in [1.807, 2.05) is 13.8 Å². The fraction of sp³-hybridized carbons (Fsp3) is 0.500. The van der Waals surface area contributed by atoms with Gasteiger partial charge in [-0.1, -0.05) is 0 Å². The molecular weight excluding hydrogens is 212 g/mol. The molecule has 0 aromatic heterocycles. The zero-order valence-corrected chi connectivity index (χ0v) is 9.39. The maximum atomic E-state index is 13.1. The number of ether oxygens (including phenoxy) is 1. The van der Waals surface area contributed by atoms with Gasteiger partial charge in [-0.05, 0) is 31.5 Å². The average Bonchev–Trinajstić information content (AvgIpc) is 2.14. The Balaban J connectivity index is 2.23. The van der Waals surface area contributed by atoms with Crippen LogP contribution in [0.25, 0.3) is 0 Å². The van der Waals surface area contributed by atoms with E-state index in [1.165, 1.54) is 12.1 Å². The predicted molar refractivity (Wildman–Crippen MR) is 57.1 cm³/mol. The molecule has 1 heterocycles. The van der Waals surface area contributed by atoms with E-state index in [4.69, 9.17) is 4.74 Å². The zero-order chi connectivity index (χ0) is 11.8. The molecule has 88 valence electrons. The first-order valence-corrected chi connectivity index (χ1v) is 5.31. The summed E-state index contributed by atoms with van der Waals surface area (Å²) in [6, 6.07) is 3.50. The summed E-state index contributed by atoms with van der Waals surface area (Å²) in [4.78, 5) is 0. The minimum Gasteiger partial charge on any atom is -0.365 e. The third kappa shape index (κ3) is 2.57. The molecule has 0 bridgehead atoms. The van der Waals surface area contributed by atoms with Gasteiger partial charge in [0.05, 0.1) is 11.7 Å². The quantitative estimate of drug-likeness (QED) is 0.795. The summed E-state index contributed by atoms with van der Waals surface area (Å²) < 4.78 is 31.9. The number of morpholine rings is 1. The van der Waals surface area contributed by atoms with Gasteiger partial charge in [-0.25, -0.2) is 8.78 Å². The minimum absolute atomic E-state index is 0.297. The first kappa shape index (κ1) is 11.5. The number of benzene rings is 1. The number of hydrogen-bond acceptors (Lipinski definition) is 2. The smallest absolute Gasteiger partial charge is 0.126 e. The Morgan fingerprint density at radius 2 is 1.88 bits per heavy atom.